The van der Waals surface area contributed by atoms with Crippen molar-refractivity contribution in [3.63, 3.8) is 0 Å². The number of rotatable bonds is 4. The van der Waals surface area contributed by atoms with Gasteiger partial charge in [0, 0.05) is 35.5 Å². The summed E-state index contributed by atoms with van der Waals surface area (Å²) in [7, 11) is 0. The molecule has 0 atom stereocenters. The third-order valence-corrected chi connectivity index (χ3v) is 4.10. The van der Waals surface area contributed by atoms with Gasteiger partial charge in [0.05, 0.1) is 0 Å². The SMILES string of the molecule is Cc1ccc(N)cc1C(=O)N(Cc1ccc(F)cc1F)C1CC1. The monoisotopic (exact) mass is 316 g/mol. The average molecular weight is 316 g/mol. The smallest absolute Gasteiger partial charge is 0.254 e. The highest BCUT2D eigenvalue weighted by Gasteiger charge is 2.34. The van der Waals surface area contributed by atoms with Crippen LogP contribution in [0.3, 0.4) is 0 Å². The van der Waals surface area contributed by atoms with E-state index in [1.165, 1.54) is 12.1 Å². The summed E-state index contributed by atoms with van der Waals surface area (Å²) in [4.78, 5) is 14.5. The number of nitrogens with two attached hydrogens (primary N) is 1. The lowest BCUT2D eigenvalue weighted by molar-refractivity contribution is 0.0727. The van der Waals surface area contributed by atoms with Crippen molar-refractivity contribution >= 4 is 11.6 Å². The second-order valence-corrected chi connectivity index (χ2v) is 5.97. The zero-order valence-electron chi connectivity index (χ0n) is 12.9. The number of amides is 1. The van der Waals surface area contributed by atoms with Crippen LogP contribution in [-0.4, -0.2) is 16.8 Å². The minimum Gasteiger partial charge on any atom is -0.399 e. The van der Waals surface area contributed by atoms with Crippen LogP contribution in [0.5, 0.6) is 0 Å². The fraction of sp³-hybridized carbons (Fsp3) is 0.278. The van der Waals surface area contributed by atoms with Gasteiger partial charge in [-0.3, -0.25) is 4.79 Å². The highest BCUT2D eigenvalue weighted by molar-refractivity contribution is 5.96. The first-order valence-electron chi connectivity index (χ1n) is 7.56. The van der Waals surface area contributed by atoms with E-state index in [0.29, 0.717) is 16.8 Å². The third-order valence-electron chi connectivity index (χ3n) is 4.10. The molecular formula is C18H18F2N2O. The van der Waals surface area contributed by atoms with Crippen LogP contribution in [-0.2, 0) is 6.54 Å². The summed E-state index contributed by atoms with van der Waals surface area (Å²) in [6.45, 7) is 1.97. The Morgan fingerprint density at radius 1 is 1.22 bits per heavy atom. The van der Waals surface area contributed by atoms with Gasteiger partial charge >= 0.3 is 0 Å². The number of nitrogen functional groups attached to an aromatic ring is 1. The molecule has 5 heteroatoms. The van der Waals surface area contributed by atoms with Crippen molar-refractivity contribution in [2.24, 2.45) is 0 Å². The Balaban J connectivity index is 1.89. The van der Waals surface area contributed by atoms with Gasteiger partial charge in [-0.05, 0) is 43.5 Å². The molecular weight excluding hydrogens is 298 g/mol. The van der Waals surface area contributed by atoms with Crippen molar-refractivity contribution in [2.75, 3.05) is 5.73 Å². The third kappa shape index (κ3) is 3.33. The van der Waals surface area contributed by atoms with E-state index in [1.54, 1.807) is 23.1 Å². The van der Waals surface area contributed by atoms with Gasteiger partial charge in [0.1, 0.15) is 11.6 Å². The van der Waals surface area contributed by atoms with Crippen LogP contribution < -0.4 is 5.73 Å². The van der Waals surface area contributed by atoms with Crippen molar-refractivity contribution in [1.82, 2.24) is 4.90 Å². The Kier molecular flexibility index (Phi) is 4.03. The van der Waals surface area contributed by atoms with Crippen LogP contribution in [0.25, 0.3) is 0 Å². The molecule has 1 amide bonds. The van der Waals surface area contributed by atoms with Crippen molar-refractivity contribution in [3.8, 4) is 0 Å². The van der Waals surface area contributed by atoms with Gasteiger partial charge in [-0.2, -0.15) is 0 Å². The number of hydrogen-bond donors (Lipinski definition) is 1. The van der Waals surface area contributed by atoms with E-state index in [-0.39, 0.29) is 18.5 Å². The van der Waals surface area contributed by atoms with E-state index in [9.17, 15) is 13.6 Å². The number of aryl methyl sites for hydroxylation is 1. The van der Waals surface area contributed by atoms with E-state index < -0.39 is 11.6 Å². The fourth-order valence-corrected chi connectivity index (χ4v) is 2.61. The number of hydrogen-bond acceptors (Lipinski definition) is 2. The molecule has 1 saturated carbocycles. The van der Waals surface area contributed by atoms with E-state index in [4.69, 9.17) is 5.73 Å². The van der Waals surface area contributed by atoms with Gasteiger partial charge in [-0.25, -0.2) is 8.78 Å². The van der Waals surface area contributed by atoms with Gasteiger partial charge in [0.2, 0.25) is 0 Å². The minimum absolute atomic E-state index is 0.104. The second kappa shape index (κ2) is 5.99. The lowest BCUT2D eigenvalue weighted by atomic mass is 10.1. The first-order chi connectivity index (χ1) is 11.0. The molecule has 0 saturated heterocycles. The summed E-state index contributed by atoms with van der Waals surface area (Å²) in [6.07, 6.45) is 1.80. The molecule has 0 aromatic heterocycles. The van der Waals surface area contributed by atoms with Gasteiger partial charge in [-0.15, -0.1) is 0 Å². The predicted molar refractivity (Wildman–Crippen MR) is 84.8 cm³/mol. The molecule has 3 nitrogen and oxygen atoms in total. The van der Waals surface area contributed by atoms with Gasteiger partial charge < -0.3 is 10.6 Å². The predicted octanol–water partition coefficient (Wildman–Crippen LogP) is 3.66. The number of benzene rings is 2. The van der Waals surface area contributed by atoms with Crippen LogP contribution in [0.2, 0.25) is 0 Å². The Morgan fingerprint density at radius 3 is 2.61 bits per heavy atom. The van der Waals surface area contributed by atoms with Crippen LogP contribution in [0.4, 0.5) is 14.5 Å². The van der Waals surface area contributed by atoms with E-state index in [2.05, 4.69) is 0 Å². The van der Waals surface area contributed by atoms with Crippen LogP contribution >= 0.6 is 0 Å². The number of nitrogens with zero attached hydrogens (tertiary/aromatic N) is 1. The first kappa shape index (κ1) is 15.5. The van der Waals surface area contributed by atoms with Crippen LogP contribution in [0.15, 0.2) is 36.4 Å². The number of anilines is 1. The van der Waals surface area contributed by atoms with Crippen LogP contribution in [0.1, 0.15) is 34.3 Å². The molecule has 0 radical (unpaired) electrons. The average Bonchev–Trinajstić information content (AvgIpc) is 3.33. The summed E-state index contributed by atoms with van der Waals surface area (Å²) in [6, 6.07) is 8.73. The Hall–Kier alpha value is -2.43. The minimum atomic E-state index is -0.632. The maximum Gasteiger partial charge on any atom is 0.254 e. The maximum atomic E-state index is 13.9. The molecule has 1 aliphatic rings. The van der Waals surface area contributed by atoms with Crippen LogP contribution in [0, 0.1) is 18.6 Å². The topological polar surface area (TPSA) is 46.3 Å². The summed E-state index contributed by atoms with van der Waals surface area (Å²) < 4.78 is 26.9. The molecule has 2 aromatic rings. The van der Waals surface area contributed by atoms with E-state index >= 15 is 0 Å². The molecule has 0 spiro atoms. The van der Waals surface area contributed by atoms with Crippen molar-refractivity contribution in [3.05, 3.63) is 64.7 Å². The van der Waals surface area contributed by atoms with E-state index in [0.717, 1.165) is 24.5 Å². The largest absolute Gasteiger partial charge is 0.399 e. The van der Waals surface area contributed by atoms with Crippen molar-refractivity contribution in [1.29, 1.82) is 0 Å². The maximum absolute atomic E-state index is 13.9. The number of carbonyl (C=O) groups excluding carboxylic acids is 1. The standard InChI is InChI=1S/C18H18F2N2O/c1-11-2-5-14(21)9-16(11)18(23)22(15-6-7-15)10-12-3-4-13(19)8-17(12)20/h2-5,8-9,15H,6-7,10,21H2,1H3. The molecule has 23 heavy (non-hydrogen) atoms. The Labute approximate surface area is 133 Å². The first-order valence-corrected chi connectivity index (χ1v) is 7.56. The number of halogens is 2. The zero-order chi connectivity index (χ0) is 16.6. The van der Waals surface area contributed by atoms with Gasteiger partial charge in [0.25, 0.3) is 5.91 Å². The lowest BCUT2D eigenvalue weighted by Crippen LogP contribution is -2.33. The van der Waals surface area contributed by atoms with E-state index in [1.807, 2.05) is 6.92 Å². The fourth-order valence-electron chi connectivity index (χ4n) is 2.61. The molecule has 0 unspecified atom stereocenters. The number of carbonyl (C=O) groups is 1. The summed E-state index contributed by atoms with van der Waals surface area (Å²) in [5, 5.41) is 0. The summed E-state index contributed by atoms with van der Waals surface area (Å²) >= 11 is 0. The molecule has 0 heterocycles. The molecule has 0 bridgehead atoms. The Morgan fingerprint density at radius 2 is 1.96 bits per heavy atom. The normalized spacial score (nSPS) is 13.9. The molecule has 1 aliphatic carbocycles. The highest BCUT2D eigenvalue weighted by atomic mass is 19.1. The summed E-state index contributed by atoms with van der Waals surface area (Å²) in [5.41, 5.74) is 7.96. The zero-order valence-corrected chi connectivity index (χ0v) is 12.9. The molecule has 0 aliphatic heterocycles. The molecule has 120 valence electrons. The second-order valence-electron chi connectivity index (χ2n) is 5.97. The van der Waals surface area contributed by atoms with Gasteiger partial charge in [0.15, 0.2) is 0 Å². The van der Waals surface area contributed by atoms with Crippen molar-refractivity contribution < 1.29 is 13.6 Å². The molecule has 3 rings (SSSR count). The Bertz CT molecular complexity index is 757. The lowest BCUT2D eigenvalue weighted by Gasteiger charge is -2.24. The molecule has 1 fully saturated rings. The molecule has 2 N–H and O–H groups in total. The van der Waals surface area contributed by atoms with Gasteiger partial charge in [-0.1, -0.05) is 12.1 Å². The quantitative estimate of drug-likeness (QED) is 0.875. The van der Waals surface area contributed by atoms with Crippen molar-refractivity contribution in [2.45, 2.75) is 32.4 Å². The highest BCUT2D eigenvalue weighted by Crippen LogP contribution is 2.31. The summed E-state index contributed by atoms with van der Waals surface area (Å²) in [5.74, 6) is -1.42. The molecule has 2 aromatic carbocycles.